The summed E-state index contributed by atoms with van der Waals surface area (Å²) in [6.45, 7) is 0. The normalized spacial score (nSPS) is 27.0. The Morgan fingerprint density at radius 3 is 2.69 bits per heavy atom. The smallest absolute Gasteiger partial charge is 0.269 e. The standard InChI is InChI=1S/C26H20FN3O4S/c27-17-9-10-20-19(12-17)26(25(32)28-20)23(24(31)15-5-2-1-3-6-15)22(21-13-35-14-29(21)26)16-7-4-8-18(11-16)30(33)34/h1-12,21-23H,13-14H2,(H,28,32)/t21?,22?,23?,26-/m1/s1. The third-order valence-corrected chi connectivity index (χ3v) is 8.43. The van der Waals surface area contributed by atoms with Gasteiger partial charge in [0.15, 0.2) is 5.78 Å². The Morgan fingerprint density at radius 2 is 1.91 bits per heavy atom. The Labute approximate surface area is 204 Å². The van der Waals surface area contributed by atoms with Crippen LogP contribution in [-0.4, -0.2) is 39.2 Å². The molecule has 1 spiro atoms. The molecule has 2 saturated heterocycles. The van der Waals surface area contributed by atoms with Gasteiger partial charge in [-0.25, -0.2) is 4.39 Å². The third kappa shape index (κ3) is 3.08. The first-order valence-corrected chi connectivity index (χ1v) is 12.4. The summed E-state index contributed by atoms with van der Waals surface area (Å²) in [4.78, 5) is 41.2. The van der Waals surface area contributed by atoms with Crippen LogP contribution in [0.4, 0.5) is 15.8 Å². The predicted octanol–water partition coefficient (Wildman–Crippen LogP) is 4.55. The van der Waals surface area contributed by atoms with E-state index >= 15 is 0 Å². The van der Waals surface area contributed by atoms with Crippen LogP contribution in [0.5, 0.6) is 0 Å². The fourth-order valence-electron chi connectivity index (χ4n) is 6.05. The van der Waals surface area contributed by atoms with Crippen LogP contribution in [-0.2, 0) is 10.3 Å². The lowest BCUT2D eigenvalue weighted by Crippen LogP contribution is -2.52. The molecule has 3 aromatic carbocycles. The molecule has 2 fully saturated rings. The van der Waals surface area contributed by atoms with Crippen LogP contribution >= 0.6 is 11.8 Å². The molecule has 0 aliphatic carbocycles. The molecule has 3 aromatic rings. The molecule has 3 aliphatic rings. The quantitative estimate of drug-likeness (QED) is 0.328. The molecular formula is C26H20FN3O4S. The van der Waals surface area contributed by atoms with Gasteiger partial charge in [-0.05, 0) is 23.8 Å². The molecule has 9 heteroatoms. The highest BCUT2D eigenvalue weighted by Gasteiger charge is 2.69. The number of rotatable bonds is 4. The number of anilines is 1. The molecule has 176 valence electrons. The van der Waals surface area contributed by atoms with Gasteiger partial charge in [0, 0.05) is 52.5 Å². The molecule has 3 heterocycles. The Kier molecular flexibility index (Phi) is 5.01. The molecule has 3 aliphatic heterocycles. The van der Waals surface area contributed by atoms with Gasteiger partial charge in [-0.3, -0.25) is 24.6 Å². The van der Waals surface area contributed by atoms with Gasteiger partial charge in [0.25, 0.3) is 5.69 Å². The fourth-order valence-corrected chi connectivity index (χ4v) is 7.37. The average Bonchev–Trinajstić information content (AvgIpc) is 3.52. The number of fused-ring (bicyclic) bond motifs is 4. The second kappa shape index (κ2) is 8.00. The van der Waals surface area contributed by atoms with Gasteiger partial charge in [0.1, 0.15) is 11.4 Å². The Hall–Kier alpha value is -3.56. The van der Waals surface area contributed by atoms with E-state index in [1.807, 2.05) is 4.90 Å². The Balaban J connectivity index is 1.63. The molecule has 6 rings (SSSR count). The van der Waals surface area contributed by atoms with Gasteiger partial charge < -0.3 is 5.32 Å². The maximum atomic E-state index is 14.6. The van der Waals surface area contributed by atoms with E-state index in [0.29, 0.717) is 34.0 Å². The van der Waals surface area contributed by atoms with Gasteiger partial charge in [-0.15, -0.1) is 11.8 Å². The maximum Gasteiger partial charge on any atom is 0.269 e. The summed E-state index contributed by atoms with van der Waals surface area (Å²) in [6, 6.07) is 19.0. The van der Waals surface area contributed by atoms with Crippen molar-refractivity contribution in [2.75, 3.05) is 16.9 Å². The first-order chi connectivity index (χ1) is 16.9. The van der Waals surface area contributed by atoms with Crippen LogP contribution in [0.2, 0.25) is 0 Å². The van der Waals surface area contributed by atoms with E-state index in [0.717, 1.165) is 0 Å². The number of nitrogens with one attached hydrogen (secondary N) is 1. The number of halogens is 1. The molecule has 1 N–H and O–H groups in total. The first-order valence-electron chi connectivity index (χ1n) is 11.2. The maximum absolute atomic E-state index is 14.6. The van der Waals surface area contributed by atoms with Crippen LogP contribution in [0.15, 0.2) is 72.8 Å². The summed E-state index contributed by atoms with van der Waals surface area (Å²) >= 11 is 1.63. The number of thioether (sulfide) groups is 1. The highest BCUT2D eigenvalue weighted by molar-refractivity contribution is 7.99. The van der Waals surface area contributed by atoms with Crippen molar-refractivity contribution in [1.29, 1.82) is 0 Å². The highest BCUT2D eigenvalue weighted by atomic mass is 32.2. The topological polar surface area (TPSA) is 92.5 Å². The molecule has 0 bridgehead atoms. The predicted molar refractivity (Wildman–Crippen MR) is 130 cm³/mol. The van der Waals surface area contributed by atoms with Gasteiger partial charge in [-0.2, -0.15) is 0 Å². The van der Waals surface area contributed by atoms with Crippen molar-refractivity contribution in [3.05, 3.63) is 105 Å². The molecule has 4 atom stereocenters. The molecule has 0 aromatic heterocycles. The van der Waals surface area contributed by atoms with E-state index in [-0.39, 0.29) is 23.4 Å². The zero-order valence-corrected chi connectivity index (χ0v) is 19.2. The second-order valence-electron chi connectivity index (χ2n) is 9.03. The van der Waals surface area contributed by atoms with Crippen molar-refractivity contribution in [2.24, 2.45) is 5.92 Å². The number of benzene rings is 3. The number of non-ortho nitro benzene ring substituents is 1. The van der Waals surface area contributed by atoms with E-state index in [1.165, 1.54) is 30.3 Å². The number of hydrogen-bond donors (Lipinski definition) is 1. The van der Waals surface area contributed by atoms with E-state index in [1.54, 1.807) is 54.2 Å². The molecular weight excluding hydrogens is 469 g/mol. The zero-order chi connectivity index (χ0) is 24.3. The largest absolute Gasteiger partial charge is 0.324 e. The van der Waals surface area contributed by atoms with Crippen molar-refractivity contribution < 1.29 is 18.9 Å². The van der Waals surface area contributed by atoms with Crippen molar-refractivity contribution in [3.63, 3.8) is 0 Å². The van der Waals surface area contributed by atoms with Gasteiger partial charge in [-0.1, -0.05) is 42.5 Å². The minimum absolute atomic E-state index is 0.0751. The lowest BCUT2D eigenvalue weighted by molar-refractivity contribution is -0.384. The van der Waals surface area contributed by atoms with E-state index in [9.17, 15) is 24.1 Å². The lowest BCUT2D eigenvalue weighted by Gasteiger charge is -2.36. The molecule has 7 nitrogen and oxygen atoms in total. The van der Waals surface area contributed by atoms with Crippen molar-refractivity contribution in [2.45, 2.75) is 17.5 Å². The van der Waals surface area contributed by atoms with Gasteiger partial charge >= 0.3 is 0 Å². The molecule has 0 saturated carbocycles. The van der Waals surface area contributed by atoms with Crippen LogP contribution < -0.4 is 5.32 Å². The van der Waals surface area contributed by atoms with Gasteiger partial charge in [0.2, 0.25) is 5.91 Å². The third-order valence-electron chi connectivity index (χ3n) is 7.39. The second-order valence-corrected chi connectivity index (χ2v) is 10.0. The number of hydrogen-bond acceptors (Lipinski definition) is 6. The number of amides is 1. The van der Waals surface area contributed by atoms with Crippen LogP contribution in [0.1, 0.15) is 27.4 Å². The monoisotopic (exact) mass is 489 g/mol. The number of nitro benzene ring substituents is 1. The highest BCUT2D eigenvalue weighted by Crippen LogP contribution is 2.61. The molecule has 3 unspecified atom stereocenters. The number of nitrogens with zero attached hydrogens (tertiary/aromatic N) is 2. The van der Waals surface area contributed by atoms with Crippen LogP contribution in [0.25, 0.3) is 0 Å². The van der Waals surface area contributed by atoms with E-state index in [2.05, 4.69) is 5.32 Å². The lowest BCUT2D eigenvalue weighted by atomic mass is 9.69. The van der Waals surface area contributed by atoms with Crippen molar-refractivity contribution in [1.82, 2.24) is 4.90 Å². The Bertz CT molecular complexity index is 1380. The number of carbonyl (C=O) groups is 2. The van der Waals surface area contributed by atoms with E-state index in [4.69, 9.17) is 0 Å². The number of ketones is 1. The summed E-state index contributed by atoms with van der Waals surface area (Å²) in [5.74, 6) is -1.38. The van der Waals surface area contributed by atoms with Crippen molar-refractivity contribution >= 4 is 34.8 Å². The number of carbonyl (C=O) groups excluding carboxylic acids is 2. The summed E-state index contributed by atoms with van der Waals surface area (Å²) in [7, 11) is 0. The summed E-state index contributed by atoms with van der Waals surface area (Å²) in [5.41, 5.74) is 0.497. The number of nitro groups is 1. The number of Topliss-reactive ketones (excluding diaryl/α,β-unsaturated/α-hetero) is 1. The van der Waals surface area contributed by atoms with Crippen molar-refractivity contribution in [3.8, 4) is 0 Å². The minimum Gasteiger partial charge on any atom is -0.324 e. The summed E-state index contributed by atoms with van der Waals surface area (Å²) in [5, 5.41) is 14.4. The van der Waals surface area contributed by atoms with Crippen LogP contribution in [0.3, 0.4) is 0 Å². The molecule has 1 amide bonds. The minimum atomic E-state index is -1.42. The molecule has 35 heavy (non-hydrogen) atoms. The zero-order valence-electron chi connectivity index (χ0n) is 18.4. The summed E-state index contributed by atoms with van der Waals surface area (Å²) < 4.78 is 14.6. The van der Waals surface area contributed by atoms with Gasteiger partial charge in [0.05, 0.1) is 10.8 Å². The SMILES string of the molecule is O=C(c1ccccc1)C1C(c2cccc([N+](=O)[O-])c2)C2CSCN2[C@@]12C(=O)Nc1ccc(F)cc12. The first kappa shape index (κ1) is 21.9. The Morgan fingerprint density at radius 1 is 1.11 bits per heavy atom. The fraction of sp³-hybridized carbons (Fsp3) is 0.231. The van der Waals surface area contributed by atoms with E-state index < -0.39 is 28.1 Å². The molecule has 0 radical (unpaired) electrons. The summed E-state index contributed by atoms with van der Waals surface area (Å²) in [6.07, 6.45) is 0. The average molecular weight is 490 g/mol. The van der Waals surface area contributed by atoms with Crippen LogP contribution in [0, 0.1) is 21.8 Å².